The van der Waals surface area contributed by atoms with Gasteiger partial charge in [-0.15, -0.1) is 0 Å². The summed E-state index contributed by atoms with van der Waals surface area (Å²) in [6.45, 7) is 4.32. The Morgan fingerprint density at radius 3 is 2.80 bits per heavy atom. The lowest BCUT2D eigenvalue weighted by Crippen LogP contribution is -2.06. The third kappa shape index (κ3) is 3.94. The minimum absolute atomic E-state index is 0.357. The number of hydrogen-bond acceptors (Lipinski definition) is 5. The van der Waals surface area contributed by atoms with E-state index in [1.54, 1.807) is 6.07 Å². The average molecular weight is 342 g/mol. The number of hydrogen-bond donors (Lipinski definition) is 0. The number of esters is 1. The number of fused-ring (bicyclic) bond motifs is 3. The molecule has 0 spiro atoms. The van der Waals surface area contributed by atoms with Gasteiger partial charge in [0.05, 0.1) is 25.9 Å². The van der Waals surface area contributed by atoms with Crippen LogP contribution in [0.2, 0.25) is 0 Å². The molecule has 0 amide bonds. The van der Waals surface area contributed by atoms with Gasteiger partial charge in [-0.25, -0.2) is 4.79 Å². The zero-order valence-corrected chi connectivity index (χ0v) is 14.5. The van der Waals surface area contributed by atoms with Crippen molar-refractivity contribution in [2.24, 2.45) is 0 Å². The topological polar surface area (TPSA) is 54.0 Å². The van der Waals surface area contributed by atoms with Crippen LogP contribution < -0.4 is 9.47 Å². The molecule has 5 heteroatoms. The molecule has 0 bridgehead atoms. The van der Waals surface area contributed by atoms with Gasteiger partial charge >= 0.3 is 5.97 Å². The number of benzene rings is 2. The lowest BCUT2D eigenvalue weighted by molar-refractivity contribution is 0.0600. The first-order valence-corrected chi connectivity index (χ1v) is 8.42. The molecule has 1 aliphatic rings. The van der Waals surface area contributed by atoms with E-state index < -0.39 is 0 Å². The van der Waals surface area contributed by atoms with Crippen molar-refractivity contribution in [1.82, 2.24) is 0 Å². The summed E-state index contributed by atoms with van der Waals surface area (Å²) >= 11 is 0. The van der Waals surface area contributed by atoms with Crippen molar-refractivity contribution in [3.05, 3.63) is 47.5 Å². The molecular formula is C20H22O5. The van der Waals surface area contributed by atoms with E-state index in [1.165, 1.54) is 7.11 Å². The van der Waals surface area contributed by atoms with Crippen molar-refractivity contribution < 1.29 is 23.7 Å². The Morgan fingerprint density at radius 2 is 2.00 bits per heavy atom. The molecule has 0 saturated carbocycles. The molecule has 0 atom stereocenters. The van der Waals surface area contributed by atoms with Crippen LogP contribution in [0.15, 0.2) is 36.4 Å². The Kier molecular flexibility index (Phi) is 5.56. The van der Waals surface area contributed by atoms with Crippen LogP contribution in [0.4, 0.5) is 0 Å². The Morgan fingerprint density at radius 1 is 1.12 bits per heavy atom. The van der Waals surface area contributed by atoms with Gasteiger partial charge in [-0.2, -0.15) is 0 Å². The minimum Gasteiger partial charge on any atom is -0.493 e. The van der Waals surface area contributed by atoms with Gasteiger partial charge in [0.1, 0.15) is 18.1 Å². The summed E-state index contributed by atoms with van der Waals surface area (Å²) in [7, 11) is 1.38. The van der Waals surface area contributed by atoms with Crippen LogP contribution in [0.5, 0.6) is 11.5 Å². The molecule has 132 valence electrons. The van der Waals surface area contributed by atoms with Gasteiger partial charge in [0.2, 0.25) is 0 Å². The predicted octanol–water partition coefficient (Wildman–Crippen LogP) is 3.49. The summed E-state index contributed by atoms with van der Waals surface area (Å²) in [6, 6.07) is 11.3. The number of rotatable bonds is 6. The fraction of sp³-hybridized carbons (Fsp3) is 0.350. The van der Waals surface area contributed by atoms with Gasteiger partial charge in [0.25, 0.3) is 0 Å². The highest BCUT2D eigenvalue weighted by molar-refractivity contribution is 5.92. The monoisotopic (exact) mass is 342 g/mol. The second-order valence-electron chi connectivity index (χ2n) is 5.67. The van der Waals surface area contributed by atoms with Crippen molar-refractivity contribution in [2.45, 2.75) is 13.3 Å². The molecule has 1 aliphatic heterocycles. The van der Waals surface area contributed by atoms with Gasteiger partial charge in [-0.1, -0.05) is 6.07 Å². The van der Waals surface area contributed by atoms with Gasteiger partial charge < -0.3 is 18.9 Å². The van der Waals surface area contributed by atoms with E-state index in [-0.39, 0.29) is 5.97 Å². The second kappa shape index (κ2) is 8.03. The molecule has 5 nitrogen and oxygen atoms in total. The molecule has 0 saturated heterocycles. The fourth-order valence-electron chi connectivity index (χ4n) is 2.87. The molecule has 0 radical (unpaired) electrons. The summed E-state index contributed by atoms with van der Waals surface area (Å²) < 4.78 is 21.7. The smallest absolute Gasteiger partial charge is 0.337 e. The van der Waals surface area contributed by atoms with E-state index >= 15 is 0 Å². The van der Waals surface area contributed by atoms with Gasteiger partial charge in [0, 0.05) is 18.6 Å². The molecule has 0 fully saturated rings. The first kappa shape index (κ1) is 17.3. The normalized spacial score (nSPS) is 12.4. The van der Waals surface area contributed by atoms with E-state index in [9.17, 15) is 4.79 Å². The highest BCUT2D eigenvalue weighted by atomic mass is 16.5. The number of ether oxygens (including phenoxy) is 4. The molecule has 3 rings (SSSR count). The van der Waals surface area contributed by atoms with Crippen LogP contribution in [0.1, 0.15) is 22.8 Å². The van der Waals surface area contributed by atoms with Crippen LogP contribution in [0.25, 0.3) is 11.1 Å². The lowest BCUT2D eigenvalue weighted by Gasteiger charge is -2.12. The van der Waals surface area contributed by atoms with Gasteiger partial charge in [0.15, 0.2) is 0 Å². The summed E-state index contributed by atoms with van der Waals surface area (Å²) in [4.78, 5) is 11.8. The molecule has 25 heavy (non-hydrogen) atoms. The number of carbonyl (C=O) groups excluding carboxylic acids is 1. The van der Waals surface area contributed by atoms with E-state index in [4.69, 9.17) is 18.9 Å². The maximum atomic E-state index is 11.8. The molecule has 0 aromatic heterocycles. The quantitative estimate of drug-likeness (QED) is 0.594. The van der Waals surface area contributed by atoms with Crippen LogP contribution in [0.3, 0.4) is 0 Å². The van der Waals surface area contributed by atoms with Crippen LogP contribution in [-0.4, -0.2) is 39.5 Å². The van der Waals surface area contributed by atoms with Crippen LogP contribution >= 0.6 is 0 Å². The third-order valence-corrected chi connectivity index (χ3v) is 4.10. The zero-order valence-electron chi connectivity index (χ0n) is 14.5. The summed E-state index contributed by atoms with van der Waals surface area (Å²) in [5.41, 5.74) is 3.59. The Bertz CT molecular complexity index is 754. The largest absolute Gasteiger partial charge is 0.493 e. The summed E-state index contributed by atoms with van der Waals surface area (Å²) in [5, 5.41) is 0. The number of carbonyl (C=O) groups is 1. The minimum atomic E-state index is -0.357. The molecule has 2 aromatic rings. The molecule has 0 N–H and O–H groups in total. The summed E-state index contributed by atoms with van der Waals surface area (Å²) in [5.74, 6) is 1.23. The fourth-order valence-corrected chi connectivity index (χ4v) is 2.87. The standard InChI is InChI=1S/C20H22O5/c1-3-23-10-11-24-16-5-6-17-14(12-16)8-9-25-19-7-4-15(13-18(17)19)20(21)22-2/h4-7,12-13H,3,8-11H2,1-2H3. The number of methoxy groups -OCH3 is 1. The second-order valence-corrected chi connectivity index (χ2v) is 5.67. The van der Waals surface area contributed by atoms with Crippen molar-refractivity contribution in [1.29, 1.82) is 0 Å². The maximum Gasteiger partial charge on any atom is 0.337 e. The van der Waals surface area contributed by atoms with Crippen molar-refractivity contribution >= 4 is 5.97 Å². The first-order valence-electron chi connectivity index (χ1n) is 8.42. The highest BCUT2D eigenvalue weighted by Gasteiger charge is 2.18. The van der Waals surface area contributed by atoms with Gasteiger partial charge in [-0.3, -0.25) is 0 Å². The molecule has 0 unspecified atom stereocenters. The Balaban J connectivity index is 1.89. The van der Waals surface area contributed by atoms with Crippen LogP contribution in [-0.2, 0) is 15.9 Å². The molecule has 1 heterocycles. The Labute approximate surface area is 147 Å². The molecule has 2 aromatic carbocycles. The lowest BCUT2D eigenvalue weighted by atomic mass is 9.96. The van der Waals surface area contributed by atoms with Crippen molar-refractivity contribution in [3.63, 3.8) is 0 Å². The van der Waals surface area contributed by atoms with E-state index in [0.29, 0.717) is 32.0 Å². The third-order valence-electron chi connectivity index (χ3n) is 4.10. The van der Waals surface area contributed by atoms with Crippen molar-refractivity contribution in [2.75, 3.05) is 33.5 Å². The first-order chi connectivity index (χ1) is 12.2. The highest BCUT2D eigenvalue weighted by Crippen LogP contribution is 2.37. The average Bonchev–Trinajstić information content (AvgIpc) is 2.83. The predicted molar refractivity (Wildman–Crippen MR) is 94.4 cm³/mol. The van der Waals surface area contributed by atoms with Gasteiger partial charge in [-0.05, 0) is 48.4 Å². The molecule has 0 aliphatic carbocycles. The zero-order chi connectivity index (χ0) is 17.6. The summed E-state index contributed by atoms with van der Waals surface area (Å²) in [6.07, 6.45) is 0.778. The van der Waals surface area contributed by atoms with Crippen molar-refractivity contribution in [3.8, 4) is 22.6 Å². The maximum absolute atomic E-state index is 11.8. The SMILES string of the molecule is CCOCCOc1ccc2c(c1)CCOc1ccc(C(=O)OC)cc1-2. The van der Waals surface area contributed by atoms with Crippen LogP contribution in [0, 0.1) is 0 Å². The van der Waals surface area contributed by atoms with E-state index in [0.717, 1.165) is 34.6 Å². The van der Waals surface area contributed by atoms with E-state index in [2.05, 4.69) is 0 Å². The molecular weight excluding hydrogens is 320 g/mol. The Hall–Kier alpha value is -2.53. The van der Waals surface area contributed by atoms with E-state index in [1.807, 2.05) is 37.3 Å².